The zero-order chi connectivity index (χ0) is 13.2. The lowest BCUT2D eigenvalue weighted by atomic mass is 10.0. The quantitative estimate of drug-likeness (QED) is 0.910. The molecule has 0 radical (unpaired) electrons. The Morgan fingerprint density at radius 2 is 2.10 bits per heavy atom. The molecule has 1 amide bonds. The first-order valence-corrected chi connectivity index (χ1v) is 8.01. The summed E-state index contributed by atoms with van der Waals surface area (Å²) in [6, 6.07) is 0.0274. The average molecular weight is 352 g/mol. The minimum Gasteiger partial charge on any atom is -0.338 e. The highest BCUT2D eigenvalue weighted by molar-refractivity contribution is 7.11. The van der Waals surface area contributed by atoms with E-state index in [-0.39, 0.29) is 36.8 Å². The van der Waals surface area contributed by atoms with E-state index < -0.39 is 0 Å². The molecule has 1 N–H and O–H groups in total. The third kappa shape index (κ3) is 4.31. The van der Waals surface area contributed by atoms with Crippen LogP contribution < -0.4 is 5.32 Å². The maximum absolute atomic E-state index is 12.2. The molecule has 1 aromatic rings. The molecule has 2 aliphatic rings. The van der Waals surface area contributed by atoms with Crippen LogP contribution in [0.4, 0.5) is 0 Å². The number of nitrogens with zero attached hydrogens (tertiary/aromatic N) is 2. The Morgan fingerprint density at radius 3 is 2.76 bits per heavy atom. The van der Waals surface area contributed by atoms with Gasteiger partial charge >= 0.3 is 0 Å². The minimum absolute atomic E-state index is 0. The van der Waals surface area contributed by atoms with E-state index in [4.69, 9.17) is 4.98 Å². The van der Waals surface area contributed by atoms with Gasteiger partial charge in [-0.05, 0) is 45.1 Å². The maximum atomic E-state index is 12.2. The third-order valence-corrected chi connectivity index (χ3v) is 5.14. The van der Waals surface area contributed by atoms with E-state index in [0.29, 0.717) is 6.54 Å². The molecule has 0 saturated carbocycles. The molecule has 1 fully saturated rings. The molecular weight excluding hydrogens is 329 g/mol. The molecule has 0 aromatic carbocycles. The molecule has 1 aliphatic heterocycles. The first-order chi connectivity index (χ1) is 9.24. The molecule has 1 atom stereocenters. The van der Waals surface area contributed by atoms with E-state index in [1.165, 1.54) is 29.8 Å². The number of amides is 1. The SMILES string of the molecule is CN(Cc1nc2c(s1)CCCC2)C(=O)C1CCCN1.Cl.Cl. The van der Waals surface area contributed by atoms with Crippen molar-refractivity contribution in [3.8, 4) is 0 Å². The summed E-state index contributed by atoms with van der Waals surface area (Å²) >= 11 is 1.80. The van der Waals surface area contributed by atoms with Crippen LogP contribution in [0, 0.1) is 0 Å². The number of likely N-dealkylation sites (N-methyl/N-ethyl adjacent to an activating group) is 1. The van der Waals surface area contributed by atoms with Crippen molar-refractivity contribution >= 4 is 42.1 Å². The number of carbonyl (C=O) groups excluding carboxylic acids is 1. The van der Waals surface area contributed by atoms with Crippen molar-refractivity contribution in [2.45, 2.75) is 51.1 Å². The van der Waals surface area contributed by atoms with Gasteiger partial charge in [-0.1, -0.05) is 0 Å². The fourth-order valence-corrected chi connectivity index (χ4v) is 4.13. The fraction of sp³-hybridized carbons (Fsp3) is 0.714. The number of aryl methyl sites for hydroxylation is 2. The second-order valence-electron chi connectivity index (χ2n) is 5.53. The first kappa shape index (κ1) is 18.7. The lowest BCUT2D eigenvalue weighted by Crippen LogP contribution is -2.41. The highest BCUT2D eigenvalue weighted by Gasteiger charge is 2.25. The minimum atomic E-state index is 0. The summed E-state index contributed by atoms with van der Waals surface area (Å²) in [6.07, 6.45) is 6.92. The molecule has 2 heterocycles. The highest BCUT2D eigenvalue weighted by Crippen LogP contribution is 2.27. The van der Waals surface area contributed by atoms with Gasteiger partial charge in [0.1, 0.15) is 5.01 Å². The van der Waals surface area contributed by atoms with Gasteiger partial charge in [-0.15, -0.1) is 36.2 Å². The Kier molecular flexibility index (Phi) is 7.40. The number of aromatic nitrogens is 1. The lowest BCUT2D eigenvalue weighted by molar-refractivity contribution is -0.132. The summed E-state index contributed by atoms with van der Waals surface area (Å²) in [7, 11) is 1.89. The van der Waals surface area contributed by atoms with Crippen molar-refractivity contribution in [2.75, 3.05) is 13.6 Å². The molecule has 0 spiro atoms. The van der Waals surface area contributed by atoms with Crippen LogP contribution in [0.1, 0.15) is 41.3 Å². The summed E-state index contributed by atoms with van der Waals surface area (Å²) in [4.78, 5) is 20.2. The predicted molar refractivity (Wildman–Crippen MR) is 90.8 cm³/mol. The van der Waals surface area contributed by atoms with Crippen LogP contribution in [-0.4, -0.2) is 35.4 Å². The topological polar surface area (TPSA) is 45.2 Å². The normalized spacial score (nSPS) is 20.1. The fourth-order valence-electron chi connectivity index (χ4n) is 2.92. The van der Waals surface area contributed by atoms with E-state index >= 15 is 0 Å². The monoisotopic (exact) mass is 351 g/mol. The van der Waals surface area contributed by atoms with Crippen LogP contribution in [0.15, 0.2) is 0 Å². The molecule has 3 rings (SSSR count). The highest BCUT2D eigenvalue weighted by atomic mass is 35.5. The predicted octanol–water partition coefficient (Wildman–Crippen LogP) is 2.58. The van der Waals surface area contributed by atoms with Crippen LogP contribution in [0.3, 0.4) is 0 Å². The van der Waals surface area contributed by atoms with Crippen molar-refractivity contribution < 1.29 is 4.79 Å². The Balaban J connectivity index is 0.00000110. The summed E-state index contributed by atoms with van der Waals surface area (Å²) in [5.41, 5.74) is 1.28. The van der Waals surface area contributed by atoms with Gasteiger partial charge in [0.2, 0.25) is 5.91 Å². The van der Waals surface area contributed by atoms with E-state index in [1.807, 2.05) is 11.9 Å². The number of hydrogen-bond donors (Lipinski definition) is 1. The maximum Gasteiger partial charge on any atom is 0.239 e. The van der Waals surface area contributed by atoms with Gasteiger partial charge in [0, 0.05) is 11.9 Å². The van der Waals surface area contributed by atoms with Gasteiger partial charge in [0.15, 0.2) is 0 Å². The Labute approximate surface area is 142 Å². The summed E-state index contributed by atoms with van der Waals surface area (Å²) < 4.78 is 0. The van der Waals surface area contributed by atoms with E-state index in [9.17, 15) is 4.79 Å². The van der Waals surface area contributed by atoms with E-state index in [2.05, 4.69) is 5.32 Å². The average Bonchev–Trinajstić information content (AvgIpc) is 3.06. The Bertz CT molecular complexity index is 451. The third-order valence-electron chi connectivity index (χ3n) is 4.00. The van der Waals surface area contributed by atoms with Crippen molar-refractivity contribution in [3.63, 3.8) is 0 Å². The van der Waals surface area contributed by atoms with Gasteiger partial charge in [-0.3, -0.25) is 4.79 Å². The number of thiazole rings is 1. The van der Waals surface area contributed by atoms with Crippen LogP contribution in [0.25, 0.3) is 0 Å². The molecule has 0 bridgehead atoms. The zero-order valence-corrected chi connectivity index (χ0v) is 14.7. The van der Waals surface area contributed by atoms with Gasteiger partial charge in [0.05, 0.1) is 18.3 Å². The standard InChI is InChI=1S/C14H21N3OS.2ClH/c1-17(14(18)11-6-4-8-15-11)9-13-16-10-5-2-3-7-12(10)19-13;;/h11,15H,2-9H2,1H3;2*1H. The number of carbonyl (C=O) groups is 1. The van der Waals surface area contributed by atoms with Crippen LogP contribution in [-0.2, 0) is 24.2 Å². The Hall–Kier alpha value is -0.360. The van der Waals surface area contributed by atoms with Crippen LogP contribution >= 0.6 is 36.2 Å². The molecule has 1 aliphatic carbocycles. The lowest BCUT2D eigenvalue weighted by Gasteiger charge is -2.19. The van der Waals surface area contributed by atoms with Crippen LogP contribution in [0.2, 0.25) is 0 Å². The summed E-state index contributed by atoms with van der Waals surface area (Å²) in [5, 5.41) is 4.36. The van der Waals surface area contributed by atoms with Gasteiger partial charge in [-0.25, -0.2) is 4.98 Å². The molecule has 4 nitrogen and oxygen atoms in total. The van der Waals surface area contributed by atoms with Crippen molar-refractivity contribution in [2.24, 2.45) is 0 Å². The smallest absolute Gasteiger partial charge is 0.239 e. The number of fused-ring (bicyclic) bond motifs is 1. The first-order valence-electron chi connectivity index (χ1n) is 7.20. The molecule has 120 valence electrons. The molecule has 21 heavy (non-hydrogen) atoms. The van der Waals surface area contributed by atoms with Crippen LogP contribution in [0.5, 0.6) is 0 Å². The van der Waals surface area contributed by atoms with Gasteiger partial charge in [-0.2, -0.15) is 0 Å². The van der Waals surface area contributed by atoms with E-state index in [1.54, 1.807) is 11.3 Å². The summed E-state index contributed by atoms with van der Waals surface area (Å²) in [5.74, 6) is 0.214. The molecule has 1 unspecified atom stereocenters. The molecule has 1 aromatic heterocycles. The molecule has 1 saturated heterocycles. The van der Waals surface area contributed by atoms with Crippen molar-refractivity contribution in [3.05, 3.63) is 15.6 Å². The second kappa shape index (κ2) is 8.32. The van der Waals surface area contributed by atoms with Crippen molar-refractivity contribution in [1.29, 1.82) is 0 Å². The number of nitrogens with one attached hydrogen (secondary N) is 1. The largest absolute Gasteiger partial charge is 0.338 e. The van der Waals surface area contributed by atoms with Crippen molar-refractivity contribution in [1.82, 2.24) is 15.2 Å². The van der Waals surface area contributed by atoms with Gasteiger partial charge < -0.3 is 10.2 Å². The van der Waals surface area contributed by atoms with E-state index in [0.717, 1.165) is 30.8 Å². The molecular formula is C14H23Cl2N3OS. The number of hydrogen-bond acceptors (Lipinski definition) is 4. The molecule has 7 heteroatoms. The second-order valence-corrected chi connectivity index (χ2v) is 6.70. The summed E-state index contributed by atoms with van der Waals surface area (Å²) in [6.45, 7) is 1.63. The number of halogens is 2. The Morgan fingerprint density at radius 1 is 1.33 bits per heavy atom. The van der Waals surface area contributed by atoms with Gasteiger partial charge in [0.25, 0.3) is 0 Å². The zero-order valence-electron chi connectivity index (χ0n) is 12.3. The number of rotatable bonds is 3.